The highest BCUT2D eigenvalue weighted by Crippen LogP contribution is 2.21. The summed E-state index contributed by atoms with van der Waals surface area (Å²) >= 11 is 0. The Hall–Kier alpha value is -2.43. The fourth-order valence-corrected chi connectivity index (χ4v) is 2.58. The summed E-state index contributed by atoms with van der Waals surface area (Å²) in [5, 5.41) is 7.18. The van der Waals surface area contributed by atoms with Crippen molar-refractivity contribution in [2.24, 2.45) is 5.92 Å². The molecule has 1 aliphatic rings. The van der Waals surface area contributed by atoms with E-state index in [2.05, 4.69) is 10.4 Å². The maximum absolute atomic E-state index is 13.8. The van der Waals surface area contributed by atoms with Crippen LogP contribution in [0.1, 0.15) is 31.4 Å². The topological polar surface area (TPSA) is 46.9 Å². The summed E-state index contributed by atoms with van der Waals surface area (Å²) in [4.78, 5) is 12.1. The second-order valence-electron chi connectivity index (χ2n) is 5.54. The molecule has 5 heteroatoms. The fourth-order valence-electron chi connectivity index (χ4n) is 2.58. The molecule has 4 nitrogen and oxygen atoms in total. The molecule has 0 fully saturated rings. The van der Waals surface area contributed by atoms with Crippen LogP contribution < -0.4 is 5.32 Å². The maximum Gasteiger partial charge on any atom is 0.224 e. The number of benzene rings is 1. The summed E-state index contributed by atoms with van der Waals surface area (Å²) in [6.45, 7) is 1.91. The van der Waals surface area contributed by atoms with E-state index >= 15 is 0 Å². The molecular weight excluding hydrogens is 281 g/mol. The van der Waals surface area contributed by atoms with E-state index in [1.54, 1.807) is 30.6 Å². The van der Waals surface area contributed by atoms with Crippen molar-refractivity contribution in [2.75, 3.05) is 0 Å². The minimum absolute atomic E-state index is 0.0315. The normalized spacial score (nSPS) is 15.9. The molecule has 0 unspecified atom stereocenters. The van der Waals surface area contributed by atoms with Gasteiger partial charge in [-0.1, -0.05) is 24.3 Å². The van der Waals surface area contributed by atoms with E-state index in [9.17, 15) is 9.18 Å². The zero-order chi connectivity index (χ0) is 15.5. The highest BCUT2D eigenvalue weighted by molar-refractivity contribution is 5.79. The first-order valence-electron chi connectivity index (χ1n) is 7.40. The lowest BCUT2D eigenvalue weighted by Crippen LogP contribution is -2.31. The van der Waals surface area contributed by atoms with Crippen LogP contribution >= 0.6 is 0 Å². The number of nitrogens with zero attached hydrogens (tertiary/aromatic N) is 2. The quantitative estimate of drug-likeness (QED) is 0.882. The van der Waals surface area contributed by atoms with Crippen molar-refractivity contribution in [1.29, 1.82) is 0 Å². The average molecular weight is 299 g/mol. The summed E-state index contributed by atoms with van der Waals surface area (Å²) in [5.74, 6) is -0.244. The first-order chi connectivity index (χ1) is 10.6. The van der Waals surface area contributed by atoms with Gasteiger partial charge in [0, 0.05) is 17.7 Å². The summed E-state index contributed by atoms with van der Waals surface area (Å²) in [6.07, 6.45) is 9.07. The van der Waals surface area contributed by atoms with Gasteiger partial charge in [-0.2, -0.15) is 5.10 Å². The molecule has 22 heavy (non-hydrogen) atoms. The summed E-state index contributed by atoms with van der Waals surface area (Å²) in [7, 11) is 0. The van der Waals surface area contributed by atoms with Crippen LogP contribution in [0.2, 0.25) is 0 Å². The number of hydrogen-bond donors (Lipinski definition) is 1. The number of rotatable bonds is 4. The summed E-state index contributed by atoms with van der Waals surface area (Å²) < 4.78 is 15.3. The molecule has 1 heterocycles. The van der Waals surface area contributed by atoms with Gasteiger partial charge in [0.1, 0.15) is 11.5 Å². The largest absolute Gasteiger partial charge is 0.349 e. The van der Waals surface area contributed by atoms with E-state index < -0.39 is 0 Å². The van der Waals surface area contributed by atoms with Gasteiger partial charge in [-0.25, -0.2) is 9.07 Å². The first-order valence-corrected chi connectivity index (χ1v) is 7.40. The lowest BCUT2D eigenvalue weighted by molar-refractivity contribution is -0.125. The molecule has 2 aromatic rings. The molecule has 114 valence electrons. The van der Waals surface area contributed by atoms with E-state index in [-0.39, 0.29) is 23.7 Å². The van der Waals surface area contributed by atoms with Gasteiger partial charge in [0.15, 0.2) is 0 Å². The van der Waals surface area contributed by atoms with Crippen molar-refractivity contribution in [1.82, 2.24) is 15.1 Å². The molecule has 1 aliphatic carbocycles. The average Bonchev–Trinajstić information content (AvgIpc) is 3.19. The lowest BCUT2D eigenvalue weighted by Gasteiger charge is -2.15. The number of hydrogen-bond acceptors (Lipinski definition) is 2. The monoisotopic (exact) mass is 299 g/mol. The molecule has 1 atom stereocenters. The number of allylic oxidation sites excluding steroid dienone is 2. The van der Waals surface area contributed by atoms with E-state index in [1.165, 1.54) is 10.7 Å². The maximum atomic E-state index is 13.8. The molecule has 0 spiro atoms. The Bertz CT molecular complexity index is 699. The van der Waals surface area contributed by atoms with Crippen molar-refractivity contribution < 1.29 is 9.18 Å². The number of carbonyl (C=O) groups is 1. The van der Waals surface area contributed by atoms with Gasteiger partial charge in [0.2, 0.25) is 5.91 Å². The Morgan fingerprint density at radius 3 is 2.82 bits per heavy atom. The molecule has 0 saturated heterocycles. The SMILES string of the molecule is C[C@@H](NC(=O)C1CC=CC1)c1cnn(-c2ccccc2F)c1. The smallest absolute Gasteiger partial charge is 0.224 e. The number of halogens is 1. The second kappa shape index (κ2) is 6.13. The summed E-state index contributed by atoms with van der Waals surface area (Å²) in [6, 6.07) is 6.31. The van der Waals surface area contributed by atoms with Crippen LogP contribution in [-0.2, 0) is 4.79 Å². The third-order valence-electron chi connectivity index (χ3n) is 3.94. The molecule has 1 amide bonds. The predicted molar refractivity (Wildman–Crippen MR) is 81.9 cm³/mol. The minimum atomic E-state index is -0.328. The minimum Gasteiger partial charge on any atom is -0.349 e. The van der Waals surface area contributed by atoms with Gasteiger partial charge in [0.05, 0.1) is 12.2 Å². The zero-order valence-corrected chi connectivity index (χ0v) is 12.4. The molecule has 1 N–H and O–H groups in total. The van der Waals surface area contributed by atoms with E-state index in [4.69, 9.17) is 0 Å². The van der Waals surface area contributed by atoms with Gasteiger partial charge in [0.25, 0.3) is 0 Å². The van der Waals surface area contributed by atoms with Crippen LogP contribution in [0.4, 0.5) is 4.39 Å². The van der Waals surface area contributed by atoms with Crippen LogP contribution in [0.5, 0.6) is 0 Å². The van der Waals surface area contributed by atoms with Crippen molar-refractivity contribution in [2.45, 2.75) is 25.8 Å². The standard InChI is InChI=1S/C17H18FN3O/c1-12(20-17(22)13-6-2-3-7-13)14-10-19-21(11-14)16-9-5-4-8-15(16)18/h2-5,8-13H,6-7H2,1H3,(H,20,22)/t12-/m1/s1. The van der Waals surface area contributed by atoms with Crippen LogP contribution in [0.15, 0.2) is 48.8 Å². The van der Waals surface area contributed by atoms with Gasteiger partial charge in [-0.15, -0.1) is 0 Å². The molecule has 0 bridgehead atoms. The van der Waals surface area contributed by atoms with Crippen LogP contribution in [0, 0.1) is 11.7 Å². The summed E-state index contributed by atoms with van der Waals surface area (Å²) in [5.41, 5.74) is 1.25. The van der Waals surface area contributed by atoms with Gasteiger partial charge in [-0.3, -0.25) is 4.79 Å². The molecule has 1 aromatic heterocycles. The second-order valence-corrected chi connectivity index (χ2v) is 5.54. The molecule has 0 aliphatic heterocycles. The first kappa shape index (κ1) is 14.5. The number of amides is 1. The molecule has 1 aromatic carbocycles. The van der Waals surface area contributed by atoms with E-state index in [0.717, 1.165) is 18.4 Å². The lowest BCUT2D eigenvalue weighted by atomic mass is 10.1. The predicted octanol–water partition coefficient (Wildman–Crippen LogP) is 3.15. The van der Waals surface area contributed by atoms with Gasteiger partial charge >= 0.3 is 0 Å². The molecule has 0 saturated carbocycles. The Balaban J connectivity index is 1.70. The third kappa shape index (κ3) is 2.93. The third-order valence-corrected chi connectivity index (χ3v) is 3.94. The number of nitrogens with one attached hydrogen (secondary N) is 1. The van der Waals surface area contributed by atoms with Crippen molar-refractivity contribution in [3.05, 3.63) is 60.2 Å². The molecular formula is C17H18FN3O. The number of para-hydroxylation sites is 1. The van der Waals surface area contributed by atoms with E-state index in [1.807, 2.05) is 19.1 Å². The Labute approximate surface area is 128 Å². The van der Waals surface area contributed by atoms with E-state index in [0.29, 0.717) is 5.69 Å². The molecule has 3 rings (SSSR count). The fraction of sp³-hybridized carbons (Fsp3) is 0.294. The number of aromatic nitrogens is 2. The highest BCUT2D eigenvalue weighted by atomic mass is 19.1. The van der Waals surface area contributed by atoms with Crippen LogP contribution in [-0.4, -0.2) is 15.7 Å². The Morgan fingerprint density at radius 1 is 1.36 bits per heavy atom. The van der Waals surface area contributed by atoms with Gasteiger partial charge < -0.3 is 5.32 Å². The Morgan fingerprint density at radius 2 is 2.09 bits per heavy atom. The highest BCUT2D eigenvalue weighted by Gasteiger charge is 2.21. The van der Waals surface area contributed by atoms with Crippen molar-refractivity contribution in [3.63, 3.8) is 0 Å². The van der Waals surface area contributed by atoms with Crippen LogP contribution in [0.3, 0.4) is 0 Å². The molecule has 0 radical (unpaired) electrons. The Kier molecular flexibility index (Phi) is 4.04. The van der Waals surface area contributed by atoms with Gasteiger partial charge in [-0.05, 0) is 31.9 Å². The number of carbonyl (C=O) groups excluding carboxylic acids is 1. The van der Waals surface area contributed by atoms with Crippen molar-refractivity contribution in [3.8, 4) is 5.69 Å². The van der Waals surface area contributed by atoms with Crippen LogP contribution in [0.25, 0.3) is 5.69 Å². The zero-order valence-electron chi connectivity index (χ0n) is 12.4. The van der Waals surface area contributed by atoms with Crippen molar-refractivity contribution >= 4 is 5.91 Å².